The lowest BCUT2D eigenvalue weighted by atomic mass is 10.1. The summed E-state index contributed by atoms with van der Waals surface area (Å²) in [5.41, 5.74) is 2.65. The van der Waals surface area contributed by atoms with Gasteiger partial charge in [0.2, 0.25) is 5.91 Å². The van der Waals surface area contributed by atoms with Gasteiger partial charge in [-0.2, -0.15) is 0 Å². The number of nitrogens with zero attached hydrogens (tertiary/aromatic N) is 5. The van der Waals surface area contributed by atoms with Gasteiger partial charge in [0, 0.05) is 12.7 Å². The summed E-state index contributed by atoms with van der Waals surface area (Å²) in [6.07, 6.45) is 3.74. The Kier molecular flexibility index (Phi) is 3.49. The normalized spacial score (nSPS) is 17.7. The summed E-state index contributed by atoms with van der Waals surface area (Å²) in [4.78, 5) is 19.1. The summed E-state index contributed by atoms with van der Waals surface area (Å²) in [6, 6.07) is 13.6. The van der Waals surface area contributed by atoms with Crippen LogP contribution in [0.4, 0.5) is 0 Å². The molecule has 0 N–H and O–H groups in total. The summed E-state index contributed by atoms with van der Waals surface area (Å²) < 4.78 is 1.67. The minimum absolute atomic E-state index is 0.0637. The van der Waals surface area contributed by atoms with E-state index in [1.165, 1.54) is 0 Å². The van der Waals surface area contributed by atoms with Crippen LogP contribution in [0.5, 0.6) is 0 Å². The van der Waals surface area contributed by atoms with E-state index in [0.29, 0.717) is 0 Å². The van der Waals surface area contributed by atoms with Gasteiger partial charge in [0.1, 0.15) is 12.1 Å². The zero-order valence-electron chi connectivity index (χ0n) is 12.7. The highest BCUT2D eigenvalue weighted by Gasteiger charge is 2.31. The Labute approximate surface area is 133 Å². The molecule has 1 atom stereocenters. The maximum absolute atomic E-state index is 12.7. The summed E-state index contributed by atoms with van der Waals surface area (Å²) in [6.45, 7) is 0.983. The molecule has 1 saturated heterocycles. The number of benzene rings is 1. The van der Waals surface area contributed by atoms with Gasteiger partial charge in [0.05, 0.1) is 17.3 Å². The van der Waals surface area contributed by atoms with Crippen LogP contribution in [0.15, 0.2) is 48.7 Å². The van der Waals surface area contributed by atoms with E-state index in [4.69, 9.17) is 0 Å². The monoisotopic (exact) mass is 307 g/mol. The van der Waals surface area contributed by atoms with E-state index >= 15 is 0 Å². The van der Waals surface area contributed by atoms with Crippen LogP contribution in [0.25, 0.3) is 11.0 Å². The molecule has 6 heteroatoms. The van der Waals surface area contributed by atoms with Gasteiger partial charge in [-0.05, 0) is 37.1 Å². The number of hydrogen-bond donors (Lipinski definition) is 0. The van der Waals surface area contributed by atoms with Crippen molar-refractivity contribution in [1.29, 1.82) is 0 Å². The highest BCUT2D eigenvalue weighted by Crippen LogP contribution is 2.30. The molecule has 3 heterocycles. The van der Waals surface area contributed by atoms with Gasteiger partial charge in [-0.25, -0.2) is 4.68 Å². The van der Waals surface area contributed by atoms with Crippen molar-refractivity contribution >= 4 is 16.9 Å². The summed E-state index contributed by atoms with van der Waals surface area (Å²) in [5.74, 6) is 0.0637. The van der Waals surface area contributed by atoms with Crippen molar-refractivity contribution < 1.29 is 4.79 Å². The van der Waals surface area contributed by atoms with E-state index in [1.807, 2.05) is 47.4 Å². The highest BCUT2D eigenvalue weighted by atomic mass is 16.2. The quantitative estimate of drug-likeness (QED) is 0.744. The lowest BCUT2D eigenvalue weighted by molar-refractivity contribution is -0.133. The van der Waals surface area contributed by atoms with Crippen LogP contribution in [0, 0.1) is 0 Å². The summed E-state index contributed by atoms with van der Waals surface area (Å²) >= 11 is 0. The molecular formula is C17H17N5O. The second-order valence-electron chi connectivity index (χ2n) is 5.74. The fourth-order valence-corrected chi connectivity index (χ4v) is 3.20. The van der Waals surface area contributed by atoms with E-state index in [9.17, 15) is 4.79 Å². The molecule has 1 amide bonds. The van der Waals surface area contributed by atoms with Crippen molar-refractivity contribution in [1.82, 2.24) is 24.9 Å². The number of amides is 1. The summed E-state index contributed by atoms with van der Waals surface area (Å²) in [7, 11) is 0. The average molecular weight is 307 g/mol. The van der Waals surface area contributed by atoms with Crippen LogP contribution in [0.3, 0.4) is 0 Å². The Morgan fingerprint density at radius 3 is 2.91 bits per heavy atom. The van der Waals surface area contributed by atoms with E-state index in [1.54, 1.807) is 10.9 Å². The molecule has 0 bridgehead atoms. The number of likely N-dealkylation sites (tertiary alicyclic amines) is 1. The van der Waals surface area contributed by atoms with Gasteiger partial charge >= 0.3 is 0 Å². The number of rotatable bonds is 3. The minimum atomic E-state index is 0.0637. The second-order valence-corrected chi connectivity index (χ2v) is 5.74. The van der Waals surface area contributed by atoms with Crippen molar-refractivity contribution in [2.24, 2.45) is 0 Å². The van der Waals surface area contributed by atoms with Crippen molar-refractivity contribution in [2.75, 3.05) is 6.54 Å². The van der Waals surface area contributed by atoms with Gasteiger partial charge in [-0.1, -0.05) is 23.4 Å². The number of carbonyl (C=O) groups is 1. The average Bonchev–Trinajstić information content (AvgIpc) is 3.23. The smallest absolute Gasteiger partial charge is 0.244 e. The first kappa shape index (κ1) is 13.9. The Bertz CT molecular complexity index is 829. The molecule has 1 fully saturated rings. The molecule has 0 aliphatic carbocycles. The first-order valence-electron chi connectivity index (χ1n) is 7.81. The maximum Gasteiger partial charge on any atom is 0.244 e. The predicted molar refractivity (Wildman–Crippen MR) is 85.5 cm³/mol. The minimum Gasteiger partial charge on any atom is -0.332 e. The molecule has 1 aliphatic heterocycles. The Morgan fingerprint density at radius 1 is 1.17 bits per heavy atom. The van der Waals surface area contributed by atoms with Crippen LogP contribution in [-0.4, -0.2) is 37.3 Å². The standard InChI is InChI=1S/C17H17N5O/c23-17(12-22-16-8-2-1-7-14(16)19-20-22)21-11-5-9-15(21)13-6-3-4-10-18-13/h1-4,6-8,10,15H,5,9,11-12H2. The predicted octanol–water partition coefficient (Wildman–Crippen LogP) is 2.19. The fourth-order valence-electron chi connectivity index (χ4n) is 3.20. The number of para-hydroxylation sites is 1. The molecule has 116 valence electrons. The van der Waals surface area contributed by atoms with Gasteiger partial charge < -0.3 is 4.90 Å². The first-order chi connectivity index (χ1) is 11.3. The number of fused-ring (bicyclic) bond motifs is 1. The van der Waals surface area contributed by atoms with Gasteiger partial charge in [-0.15, -0.1) is 5.10 Å². The van der Waals surface area contributed by atoms with E-state index in [2.05, 4.69) is 15.3 Å². The van der Waals surface area contributed by atoms with Crippen LogP contribution >= 0.6 is 0 Å². The second kappa shape index (κ2) is 5.79. The number of pyridine rings is 1. The molecule has 23 heavy (non-hydrogen) atoms. The molecule has 6 nitrogen and oxygen atoms in total. The number of carbonyl (C=O) groups excluding carboxylic acids is 1. The van der Waals surface area contributed by atoms with E-state index < -0.39 is 0 Å². The van der Waals surface area contributed by atoms with Crippen LogP contribution in [0.1, 0.15) is 24.6 Å². The lowest BCUT2D eigenvalue weighted by Crippen LogP contribution is -2.34. The Morgan fingerprint density at radius 2 is 2.04 bits per heavy atom. The molecule has 1 aromatic carbocycles. The van der Waals surface area contributed by atoms with Crippen molar-refractivity contribution in [2.45, 2.75) is 25.4 Å². The van der Waals surface area contributed by atoms with E-state index in [-0.39, 0.29) is 18.5 Å². The topological polar surface area (TPSA) is 63.9 Å². The molecule has 1 aliphatic rings. The molecule has 0 saturated carbocycles. The SMILES string of the molecule is O=C(Cn1nnc2ccccc21)N1CCCC1c1ccccn1. The van der Waals surface area contributed by atoms with Gasteiger partial charge in [0.15, 0.2) is 0 Å². The van der Waals surface area contributed by atoms with Crippen molar-refractivity contribution in [3.05, 3.63) is 54.4 Å². The number of aromatic nitrogens is 4. The Balaban J connectivity index is 1.56. The van der Waals surface area contributed by atoms with Crippen LogP contribution in [-0.2, 0) is 11.3 Å². The van der Waals surface area contributed by atoms with Crippen LogP contribution < -0.4 is 0 Å². The lowest BCUT2D eigenvalue weighted by Gasteiger charge is -2.24. The molecule has 0 spiro atoms. The fraction of sp³-hybridized carbons (Fsp3) is 0.294. The molecular weight excluding hydrogens is 290 g/mol. The maximum atomic E-state index is 12.7. The molecule has 2 aromatic heterocycles. The zero-order chi connectivity index (χ0) is 15.6. The number of hydrogen-bond acceptors (Lipinski definition) is 4. The first-order valence-corrected chi connectivity index (χ1v) is 7.81. The summed E-state index contributed by atoms with van der Waals surface area (Å²) in [5, 5.41) is 8.21. The molecule has 0 radical (unpaired) electrons. The van der Waals surface area contributed by atoms with Crippen LogP contribution in [0.2, 0.25) is 0 Å². The third-order valence-electron chi connectivity index (χ3n) is 4.31. The Hall–Kier alpha value is -2.76. The van der Waals surface area contributed by atoms with Crippen molar-refractivity contribution in [3.8, 4) is 0 Å². The third-order valence-corrected chi connectivity index (χ3v) is 4.31. The van der Waals surface area contributed by atoms with Gasteiger partial charge in [0.25, 0.3) is 0 Å². The molecule has 1 unspecified atom stereocenters. The highest BCUT2D eigenvalue weighted by molar-refractivity contribution is 5.80. The molecule has 3 aromatic rings. The van der Waals surface area contributed by atoms with Gasteiger partial charge in [-0.3, -0.25) is 9.78 Å². The zero-order valence-corrected chi connectivity index (χ0v) is 12.7. The van der Waals surface area contributed by atoms with E-state index in [0.717, 1.165) is 36.1 Å². The largest absolute Gasteiger partial charge is 0.332 e. The molecule has 4 rings (SSSR count). The van der Waals surface area contributed by atoms with Crippen molar-refractivity contribution in [3.63, 3.8) is 0 Å². The third kappa shape index (κ3) is 2.56.